The Balaban J connectivity index is 1.19. The van der Waals surface area contributed by atoms with Crippen molar-refractivity contribution in [2.24, 2.45) is 11.8 Å². The minimum Gasteiger partial charge on any atom is -0.480 e. The molecule has 0 radical (unpaired) electrons. The van der Waals surface area contributed by atoms with Gasteiger partial charge in [0.25, 0.3) is 0 Å². The number of carboxylic acids is 1. The fourth-order valence-corrected chi connectivity index (χ4v) is 7.53. The lowest BCUT2D eigenvalue weighted by Crippen LogP contribution is -2.49. The number of nitrogens with one attached hydrogen (secondary N) is 1. The van der Waals surface area contributed by atoms with Gasteiger partial charge in [0.15, 0.2) is 0 Å². The molecule has 1 saturated carbocycles. The largest absolute Gasteiger partial charge is 0.480 e. The standard InChI is InChI=1S/C34H47FN4O3/c1-24-11-13-25(14-12-24)20-36-34(42)37(2)30-15-17-38(18-16-30)21-28-22-39(23-31(28)27-9-6-10-29(35)19-27)32(33(40)41)26-7-4-3-5-8-26/h6,9-14,19,26,28,30-32H,3-5,7-8,15-18,20-23H2,1-2H3,(H,36,42)(H,40,41)/t28-,31+,32+/m0/s1. The molecule has 2 heterocycles. The van der Waals surface area contributed by atoms with Crippen LogP contribution in [-0.2, 0) is 11.3 Å². The van der Waals surface area contributed by atoms with Crippen molar-refractivity contribution in [3.8, 4) is 0 Å². The van der Waals surface area contributed by atoms with Crippen LogP contribution in [0.25, 0.3) is 0 Å². The highest BCUT2D eigenvalue weighted by molar-refractivity contribution is 5.74. The summed E-state index contributed by atoms with van der Waals surface area (Å²) >= 11 is 0. The molecule has 0 spiro atoms. The highest BCUT2D eigenvalue weighted by Crippen LogP contribution is 2.38. The van der Waals surface area contributed by atoms with Crippen LogP contribution in [0.15, 0.2) is 48.5 Å². The molecule has 0 bridgehead atoms. The fourth-order valence-electron chi connectivity index (χ4n) is 7.53. The highest BCUT2D eigenvalue weighted by atomic mass is 19.1. The number of hydrogen-bond acceptors (Lipinski definition) is 4. The lowest BCUT2D eigenvalue weighted by Gasteiger charge is -2.38. The van der Waals surface area contributed by atoms with Crippen LogP contribution < -0.4 is 5.32 Å². The highest BCUT2D eigenvalue weighted by Gasteiger charge is 2.43. The van der Waals surface area contributed by atoms with Crippen LogP contribution in [-0.4, -0.2) is 83.7 Å². The van der Waals surface area contributed by atoms with Crippen LogP contribution in [0.5, 0.6) is 0 Å². The van der Waals surface area contributed by atoms with Crippen LogP contribution in [0.1, 0.15) is 67.6 Å². The third kappa shape index (κ3) is 7.51. The van der Waals surface area contributed by atoms with Gasteiger partial charge in [-0.3, -0.25) is 9.69 Å². The Morgan fingerprint density at radius 1 is 1.02 bits per heavy atom. The van der Waals surface area contributed by atoms with E-state index in [1.165, 1.54) is 18.1 Å². The van der Waals surface area contributed by atoms with Gasteiger partial charge in [0.2, 0.25) is 0 Å². The zero-order chi connectivity index (χ0) is 29.6. The average Bonchev–Trinajstić information content (AvgIpc) is 3.40. The zero-order valence-corrected chi connectivity index (χ0v) is 25.2. The normalized spacial score (nSPS) is 23.5. The van der Waals surface area contributed by atoms with Gasteiger partial charge in [-0.1, -0.05) is 61.2 Å². The first kappa shape index (κ1) is 30.5. The van der Waals surface area contributed by atoms with E-state index in [9.17, 15) is 19.1 Å². The Hall–Kier alpha value is -2.97. The number of likely N-dealkylation sites (tertiary alicyclic amines) is 2. The minimum absolute atomic E-state index is 0.0472. The number of hydrogen-bond donors (Lipinski definition) is 2. The summed E-state index contributed by atoms with van der Waals surface area (Å²) in [6.45, 7) is 6.56. The van der Waals surface area contributed by atoms with E-state index >= 15 is 0 Å². The maximum absolute atomic E-state index is 14.3. The van der Waals surface area contributed by atoms with Crippen LogP contribution >= 0.6 is 0 Å². The smallest absolute Gasteiger partial charge is 0.321 e. The first-order valence-electron chi connectivity index (χ1n) is 15.8. The number of halogens is 1. The summed E-state index contributed by atoms with van der Waals surface area (Å²) in [4.78, 5) is 31.9. The number of carboxylic acid groups (broad SMARTS) is 1. The van der Waals surface area contributed by atoms with Crippen molar-refractivity contribution in [1.82, 2.24) is 20.0 Å². The molecule has 2 N–H and O–H groups in total. The first-order valence-corrected chi connectivity index (χ1v) is 15.8. The molecule has 3 atom stereocenters. The van der Waals surface area contributed by atoms with E-state index < -0.39 is 12.0 Å². The van der Waals surface area contributed by atoms with Crippen molar-refractivity contribution in [2.75, 3.05) is 39.8 Å². The maximum Gasteiger partial charge on any atom is 0.321 e. The summed E-state index contributed by atoms with van der Waals surface area (Å²) in [5.74, 6) is -0.448. The van der Waals surface area contributed by atoms with Gasteiger partial charge in [-0.05, 0) is 67.7 Å². The SMILES string of the molecule is Cc1ccc(CNC(=O)N(C)C2CCN(C[C@H]3CN([C@@H](C(=O)O)C4CCCCC4)C[C@@H]3c3cccc(F)c3)CC2)cc1. The number of urea groups is 1. The molecule has 2 aromatic carbocycles. The second-order valence-electron chi connectivity index (χ2n) is 12.8. The molecule has 42 heavy (non-hydrogen) atoms. The first-order chi connectivity index (χ1) is 20.3. The lowest BCUT2D eigenvalue weighted by atomic mass is 9.83. The summed E-state index contributed by atoms with van der Waals surface area (Å²) in [6, 6.07) is 14.7. The van der Waals surface area contributed by atoms with Gasteiger partial charge in [0.05, 0.1) is 0 Å². The molecule has 2 amide bonds. The molecule has 7 nitrogen and oxygen atoms in total. The Bertz CT molecular complexity index is 1190. The summed E-state index contributed by atoms with van der Waals surface area (Å²) in [7, 11) is 1.89. The van der Waals surface area contributed by atoms with E-state index in [-0.39, 0.29) is 35.6 Å². The van der Waals surface area contributed by atoms with Crippen LogP contribution in [0.3, 0.4) is 0 Å². The number of carbonyl (C=O) groups excluding carboxylic acids is 1. The van der Waals surface area contributed by atoms with Crippen LogP contribution in [0.4, 0.5) is 9.18 Å². The van der Waals surface area contributed by atoms with E-state index in [1.807, 2.05) is 30.1 Å². The Morgan fingerprint density at radius 2 is 1.74 bits per heavy atom. The second kappa shape index (κ2) is 14.0. The third-order valence-electron chi connectivity index (χ3n) is 9.97. The molecule has 3 aliphatic rings. The lowest BCUT2D eigenvalue weighted by molar-refractivity contribution is -0.145. The fraction of sp³-hybridized carbons (Fsp3) is 0.588. The van der Waals surface area contributed by atoms with Crippen molar-refractivity contribution in [1.29, 1.82) is 0 Å². The Kier molecular flexibility index (Phi) is 10.2. The minimum atomic E-state index is -0.718. The van der Waals surface area contributed by atoms with Gasteiger partial charge >= 0.3 is 12.0 Å². The molecule has 0 aromatic heterocycles. The molecule has 1 aliphatic carbocycles. The number of piperidine rings is 1. The van der Waals surface area contributed by atoms with Gasteiger partial charge in [-0.25, -0.2) is 9.18 Å². The van der Waals surface area contributed by atoms with Crippen molar-refractivity contribution in [3.63, 3.8) is 0 Å². The predicted octanol–water partition coefficient (Wildman–Crippen LogP) is 5.49. The summed E-state index contributed by atoms with van der Waals surface area (Å²) in [5.41, 5.74) is 3.26. The summed E-state index contributed by atoms with van der Waals surface area (Å²) < 4.78 is 14.3. The molecular weight excluding hydrogens is 531 g/mol. The van der Waals surface area contributed by atoms with Crippen molar-refractivity contribution in [3.05, 3.63) is 71.0 Å². The molecule has 2 aromatic rings. The predicted molar refractivity (Wildman–Crippen MR) is 163 cm³/mol. The van der Waals surface area contributed by atoms with E-state index in [1.54, 1.807) is 12.1 Å². The number of rotatable bonds is 9. The Morgan fingerprint density at radius 3 is 2.40 bits per heavy atom. The molecule has 228 valence electrons. The van der Waals surface area contributed by atoms with Crippen molar-refractivity contribution >= 4 is 12.0 Å². The molecular formula is C34H47FN4O3. The summed E-state index contributed by atoms with van der Waals surface area (Å²) in [6.07, 6.45) is 7.14. The van der Waals surface area contributed by atoms with Crippen LogP contribution in [0.2, 0.25) is 0 Å². The number of nitrogens with zero attached hydrogens (tertiary/aromatic N) is 3. The topological polar surface area (TPSA) is 76.1 Å². The Labute approximate surface area is 250 Å². The number of aliphatic carboxylic acids is 1. The zero-order valence-electron chi connectivity index (χ0n) is 25.2. The van der Waals surface area contributed by atoms with Crippen molar-refractivity contribution in [2.45, 2.75) is 76.4 Å². The average molecular weight is 579 g/mol. The van der Waals surface area contributed by atoms with E-state index in [4.69, 9.17) is 0 Å². The van der Waals surface area contributed by atoms with Crippen molar-refractivity contribution < 1.29 is 19.1 Å². The molecule has 5 rings (SSSR count). The maximum atomic E-state index is 14.3. The van der Waals surface area contributed by atoms with Gasteiger partial charge < -0.3 is 20.2 Å². The number of amides is 2. The quantitative estimate of drug-likeness (QED) is 0.412. The van der Waals surface area contributed by atoms with E-state index in [2.05, 4.69) is 34.2 Å². The molecule has 3 fully saturated rings. The van der Waals surface area contributed by atoms with Gasteiger partial charge in [-0.15, -0.1) is 0 Å². The second-order valence-corrected chi connectivity index (χ2v) is 12.8. The van der Waals surface area contributed by atoms with Crippen LogP contribution in [0, 0.1) is 24.6 Å². The number of carbonyl (C=O) groups is 2. The van der Waals surface area contributed by atoms with E-state index in [0.29, 0.717) is 13.1 Å². The van der Waals surface area contributed by atoms with Gasteiger partial charge in [0.1, 0.15) is 11.9 Å². The molecule has 2 saturated heterocycles. The van der Waals surface area contributed by atoms with Gasteiger partial charge in [-0.2, -0.15) is 0 Å². The molecule has 0 unspecified atom stereocenters. The third-order valence-corrected chi connectivity index (χ3v) is 9.97. The monoisotopic (exact) mass is 578 g/mol. The van der Waals surface area contributed by atoms with E-state index in [0.717, 1.165) is 75.8 Å². The van der Waals surface area contributed by atoms with Gasteiger partial charge in [0, 0.05) is 58.3 Å². The number of aryl methyl sites for hydroxylation is 1. The summed E-state index contributed by atoms with van der Waals surface area (Å²) in [5, 5.41) is 13.3. The number of benzene rings is 2. The molecule has 2 aliphatic heterocycles. The molecule has 8 heteroatoms.